The van der Waals surface area contributed by atoms with E-state index in [9.17, 15) is 4.79 Å². The molecule has 1 aliphatic heterocycles. The number of rotatable bonds is 2. The molecule has 1 saturated heterocycles. The smallest absolute Gasteiger partial charge is 0.250 e. The van der Waals surface area contributed by atoms with Gasteiger partial charge in [0.2, 0.25) is 0 Å². The van der Waals surface area contributed by atoms with Crippen molar-refractivity contribution in [3.8, 4) is 0 Å². The van der Waals surface area contributed by atoms with Crippen molar-refractivity contribution in [2.45, 2.75) is 13.0 Å². The summed E-state index contributed by atoms with van der Waals surface area (Å²) in [6.07, 6.45) is 0.0908. The molecule has 2 rings (SSSR count). The number of nitrogens with zero attached hydrogens (tertiary/aromatic N) is 1. The van der Waals surface area contributed by atoms with Crippen LogP contribution in [0.5, 0.6) is 0 Å². The fraction of sp³-hybridized carbons (Fsp3) is 0.417. The Morgan fingerprint density at radius 2 is 2.28 bits per heavy atom. The molecule has 1 atom stereocenters. The van der Waals surface area contributed by atoms with E-state index in [1.54, 1.807) is 12.1 Å². The summed E-state index contributed by atoms with van der Waals surface area (Å²) in [5.41, 5.74) is 12.5. The first-order chi connectivity index (χ1) is 8.49. The molecule has 1 aromatic carbocycles. The van der Waals surface area contributed by atoms with Crippen LogP contribution in [0.1, 0.15) is 17.3 Å². The molecule has 0 bridgehead atoms. The number of carbonyl (C=O) groups is 1. The molecule has 4 N–H and O–H groups in total. The third-order valence-corrected chi connectivity index (χ3v) is 3.20. The molecule has 0 radical (unpaired) electrons. The standard InChI is InChI=1S/C12H16ClN3O2/c1-7-6-16(2-3-18-7)11-9(12(15)17)4-8(14)5-10(11)13/h4-5,7H,2-3,6,14H2,1H3,(H2,15,17). The average Bonchev–Trinajstić information content (AvgIpc) is 2.27. The SMILES string of the molecule is CC1CN(c2c(Cl)cc(N)cc2C(N)=O)CCO1. The van der Waals surface area contributed by atoms with Gasteiger partial charge in [-0.2, -0.15) is 0 Å². The number of halogens is 1. The van der Waals surface area contributed by atoms with Crippen molar-refractivity contribution in [3.05, 3.63) is 22.7 Å². The van der Waals surface area contributed by atoms with Crippen LogP contribution in [0.25, 0.3) is 0 Å². The maximum atomic E-state index is 11.5. The first-order valence-electron chi connectivity index (χ1n) is 5.74. The van der Waals surface area contributed by atoms with Crippen molar-refractivity contribution in [1.82, 2.24) is 0 Å². The number of carbonyl (C=O) groups excluding carboxylic acids is 1. The minimum atomic E-state index is -0.529. The first kappa shape index (κ1) is 13.0. The van der Waals surface area contributed by atoms with Gasteiger partial charge in [0.05, 0.1) is 29.0 Å². The Hall–Kier alpha value is -1.46. The average molecular weight is 270 g/mol. The Labute approximate surface area is 111 Å². The van der Waals surface area contributed by atoms with Crippen LogP contribution < -0.4 is 16.4 Å². The van der Waals surface area contributed by atoms with Gasteiger partial charge in [0.25, 0.3) is 5.91 Å². The van der Waals surface area contributed by atoms with Gasteiger partial charge in [0.1, 0.15) is 0 Å². The summed E-state index contributed by atoms with van der Waals surface area (Å²) in [7, 11) is 0. The Morgan fingerprint density at radius 3 is 2.89 bits per heavy atom. The summed E-state index contributed by atoms with van der Waals surface area (Å²) in [6, 6.07) is 3.19. The highest BCUT2D eigenvalue weighted by atomic mass is 35.5. The molecule has 98 valence electrons. The number of nitrogens with two attached hydrogens (primary N) is 2. The summed E-state index contributed by atoms with van der Waals surface area (Å²) in [5.74, 6) is -0.529. The van der Waals surface area contributed by atoms with E-state index in [2.05, 4.69) is 0 Å². The maximum absolute atomic E-state index is 11.5. The molecule has 1 aromatic rings. The van der Waals surface area contributed by atoms with E-state index in [1.165, 1.54) is 0 Å². The quantitative estimate of drug-likeness (QED) is 0.792. The van der Waals surface area contributed by atoms with Gasteiger partial charge < -0.3 is 21.1 Å². The molecule has 0 aromatic heterocycles. The fourth-order valence-electron chi connectivity index (χ4n) is 2.15. The van der Waals surface area contributed by atoms with Crippen LogP contribution >= 0.6 is 11.6 Å². The minimum absolute atomic E-state index is 0.0908. The van der Waals surface area contributed by atoms with Gasteiger partial charge in [-0.3, -0.25) is 4.79 Å². The molecule has 5 nitrogen and oxygen atoms in total. The Bertz CT molecular complexity index is 479. The van der Waals surface area contributed by atoms with Gasteiger partial charge >= 0.3 is 0 Å². The van der Waals surface area contributed by atoms with E-state index >= 15 is 0 Å². The molecule has 0 aliphatic carbocycles. The zero-order valence-electron chi connectivity index (χ0n) is 10.1. The van der Waals surface area contributed by atoms with Crippen molar-refractivity contribution in [1.29, 1.82) is 0 Å². The Balaban J connectivity index is 2.45. The molecule has 0 spiro atoms. The summed E-state index contributed by atoms with van der Waals surface area (Å²) in [5, 5.41) is 0.443. The Kier molecular flexibility index (Phi) is 3.63. The van der Waals surface area contributed by atoms with Gasteiger partial charge in [-0.05, 0) is 19.1 Å². The third kappa shape index (κ3) is 2.52. The van der Waals surface area contributed by atoms with Crippen LogP contribution in [0.4, 0.5) is 11.4 Å². The molecular weight excluding hydrogens is 254 g/mol. The van der Waals surface area contributed by atoms with Crippen LogP contribution in [0, 0.1) is 0 Å². The van der Waals surface area contributed by atoms with Crippen LogP contribution in [0.2, 0.25) is 5.02 Å². The maximum Gasteiger partial charge on any atom is 0.250 e. The summed E-state index contributed by atoms with van der Waals surface area (Å²) in [4.78, 5) is 13.5. The second-order valence-corrected chi connectivity index (χ2v) is 4.80. The van der Waals surface area contributed by atoms with Crippen molar-refractivity contribution < 1.29 is 9.53 Å². The van der Waals surface area contributed by atoms with Gasteiger partial charge in [-0.25, -0.2) is 0 Å². The van der Waals surface area contributed by atoms with Crippen molar-refractivity contribution in [3.63, 3.8) is 0 Å². The van der Waals surface area contributed by atoms with Crippen LogP contribution in [0.15, 0.2) is 12.1 Å². The highest BCUT2D eigenvalue weighted by Crippen LogP contribution is 2.33. The van der Waals surface area contributed by atoms with Crippen LogP contribution in [-0.2, 0) is 4.74 Å². The Morgan fingerprint density at radius 1 is 1.56 bits per heavy atom. The minimum Gasteiger partial charge on any atom is -0.399 e. The lowest BCUT2D eigenvalue weighted by Gasteiger charge is -2.34. The van der Waals surface area contributed by atoms with Crippen molar-refractivity contribution in [2.24, 2.45) is 5.73 Å². The van der Waals surface area contributed by atoms with E-state index in [-0.39, 0.29) is 6.10 Å². The number of hydrogen-bond donors (Lipinski definition) is 2. The largest absolute Gasteiger partial charge is 0.399 e. The summed E-state index contributed by atoms with van der Waals surface area (Å²) < 4.78 is 5.47. The fourth-order valence-corrected chi connectivity index (χ4v) is 2.50. The van der Waals surface area contributed by atoms with E-state index < -0.39 is 5.91 Å². The summed E-state index contributed by atoms with van der Waals surface area (Å²) in [6.45, 7) is 3.92. The molecule has 1 aliphatic rings. The molecule has 18 heavy (non-hydrogen) atoms. The topological polar surface area (TPSA) is 81.6 Å². The highest BCUT2D eigenvalue weighted by molar-refractivity contribution is 6.34. The predicted molar refractivity (Wildman–Crippen MR) is 72.0 cm³/mol. The lowest BCUT2D eigenvalue weighted by Crippen LogP contribution is -2.42. The van der Waals surface area contributed by atoms with E-state index in [0.29, 0.717) is 41.7 Å². The van der Waals surface area contributed by atoms with Crippen molar-refractivity contribution in [2.75, 3.05) is 30.3 Å². The zero-order valence-corrected chi connectivity index (χ0v) is 10.9. The number of morpholine rings is 1. The predicted octanol–water partition coefficient (Wildman–Crippen LogP) is 1.25. The van der Waals surface area contributed by atoms with Gasteiger partial charge in [-0.1, -0.05) is 11.6 Å². The normalized spacial score (nSPS) is 19.9. The lowest BCUT2D eigenvalue weighted by molar-refractivity contribution is 0.0531. The second kappa shape index (κ2) is 5.04. The number of anilines is 2. The summed E-state index contributed by atoms with van der Waals surface area (Å²) >= 11 is 6.19. The lowest BCUT2D eigenvalue weighted by atomic mass is 10.1. The van der Waals surface area contributed by atoms with E-state index in [1.807, 2.05) is 11.8 Å². The number of nitrogen functional groups attached to an aromatic ring is 1. The van der Waals surface area contributed by atoms with Gasteiger partial charge in [0, 0.05) is 18.8 Å². The number of benzene rings is 1. The van der Waals surface area contributed by atoms with Crippen molar-refractivity contribution >= 4 is 28.9 Å². The molecular formula is C12H16ClN3O2. The zero-order chi connectivity index (χ0) is 13.3. The second-order valence-electron chi connectivity index (χ2n) is 4.39. The van der Waals surface area contributed by atoms with Crippen LogP contribution in [-0.4, -0.2) is 31.7 Å². The molecule has 0 saturated carbocycles. The third-order valence-electron chi connectivity index (χ3n) is 2.91. The molecule has 6 heteroatoms. The van der Waals surface area contributed by atoms with E-state index in [0.717, 1.165) is 0 Å². The first-order valence-corrected chi connectivity index (χ1v) is 6.12. The highest BCUT2D eigenvalue weighted by Gasteiger charge is 2.23. The van der Waals surface area contributed by atoms with E-state index in [4.69, 9.17) is 27.8 Å². The molecule has 1 heterocycles. The number of hydrogen-bond acceptors (Lipinski definition) is 4. The number of ether oxygens (including phenoxy) is 1. The van der Waals surface area contributed by atoms with Gasteiger partial charge in [-0.15, -0.1) is 0 Å². The van der Waals surface area contributed by atoms with Gasteiger partial charge in [0.15, 0.2) is 0 Å². The molecule has 1 fully saturated rings. The number of amides is 1. The van der Waals surface area contributed by atoms with Crippen LogP contribution in [0.3, 0.4) is 0 Å². The monoisotopic (exact) mass is 269 g/mol. The number of primary amides is 1. The molecule has 1 unspecified atom stereocenters. The molecule has 1 amide bonds.